The Balaban J connectivity index is 1.54. The zero-order valence-electron chi connectivity index (χ0n) is 17.1. The van der Waals surface area contributed by atoms with E-state index >= 15 is 0 Å². The second-order valence-corrected chi connectivity index (χ2v) is 8.72. The number of hydrogen-bond acceptors (Lipinski definition) is 4. The van der Waals surface area contributed by atoms with Gasteiger partial charge in [-0.05, 0) is 43.7 Å². The van der Waals surface area contributed by atoms with Crippen LogP contribution in [0, 0.1) is 13.8 Å². The van der Waals surface area contributed by atoms with E-state index in [0.717, 1.165) is 36.8 Å². The number of quaternary nitrogens is 1. The van der Waals surface area contributed by atoms with Gasteiger partial charge in [0.2, 0.25) is 0 Å². The number of rotatable bonds is 6. The zero-order valence-corrected chi connectivity index (χ0v) is 18.0. The minimum atomic E-state index is 0.0574. The highest BCUT2D eigenvalue weighted by Crippen LogP contribution is 2.36. The molecule has 1 atom stereocenters. The lowest BCUT2D eigenvalue weighted by atomic mass is 10.1. The number of carbonyl (C=O) groups is 1. The summed E-state index contributed by atoms with van der Waals surface area (Å²) in [4.78, 5) is 22.1. The van der Waals surface area contributed by atoms with E-state index in [4.69, 9.17) is 4.74 Å². The van der Waals surface area contributed by atoms with Gasteiger partial charge < -0.3 is 14.2 Å². The Morgan fingerprint density at radius 1 is 1.28 bits per heavy atom. The van der Waals surface area contributed by atoms with E-state index in [1.54, 1.807) is 18.4 Å². The van der Waals surface area contributed by atoms with Gasteiger partial charge in [-0.25, -0.2) is 4.98 Å². The van der Waals surface area contributed by atoms with Crippen molar-refractivity contribution in [1.29, 1.82) is 0 Å². The molecule has 1 unspecified atom stereocenters. The molecule has 1 aliphatic rings. The number of methoxy groups -OCH3 is 1. The number of carbonyl (C=O) groups excluding carboxylic acids is 1. The molecule has 7 heteroatoms. The molecule has 0 bridgehead atoms. The van der Waals surface area contributed by atoms with Gasteiger partial charge in [-0.1, -0.05) is 0 Å². The fourth-order valence-corrected chi connectivity index (χ4v) is 5.01. The van der Waals surface area contributed by atoms with Crippen molar-refractivity contribution in [2.75, 3.05) is 25.2 Å². The maximum absolute atomic E-state index is 13.4. The van der Waals surface area contributed by atoms with Crippen molar-refractivity contribution >= 4 is 22.2 Å². The molecule has 0 radical (unpaired) electrons. The maximum Gasteiger partial charge on any atom is 0.263 e. The molecule has 2 aromatic heterocycles. The molecule has 1 N–H and O–H groups in total. The van der Waals surface area contributed by atoms with Crippen molar-refractivity contribution in [2.45, 2.75) is 33.4 Å². The number of hydrogen-bond donors (Lipinski definition) is 1. The van der Waals surface area contributed by atoms with Gasteiger partial charge in [-0.15, -0.1) is 11.3 Å². The molecular weight excluding hydrogens is 384 g/mol. The Morgan fingerprint density at radius 3 is 2.76 bits per heavy atom. The van der Waals surface area contributed by atoms with Crippen LogP contribution in [-0.4, -0.2) is 35.8 Å². The van der Waals surface area contributed by atoms with E-state index in [1.807, 2.05) is 47.9 Å². The van der Waals surface area contributed by atoms with Gasteiger partial charge in [-0.3, -0.25) is 9.69 Å². The summed E-state index contributed by atoms with van der Waals surface area (Å²) in [6.07, 6.45) is 6.71. The van der Waals surface area contributed by atoms with Gasteiger partial charge in [0, 0.05) is 41.4 Å². The predicted molar refractivity (Wildman–Crippen MR) is 115 cm³/mol. The van der Waals surface area contributed by atoms with Crippen LogP contribution in [0.2, 0.25) is 0 Å². The molecule has 152 valence electrons. The van der Waals surface area contributed by atoms with Gasteiger partial charge in [-0.2, -0.15) is 0 Å². The SMILES string of the molecule is COc1ccc(C(=O)N2C[NH+](CCCn3ccnc3)Cc3c2sc(C)c3C)cc1. The Kier molecular flexibility index (Phi) is 5.69. The minimum absolute atomic E-state index is 0.0574. The average Bonchev–Trinajstić information content (AvgIpc) is 3.36. The lowest BCUT2D eigenvalue weighted by Crippen LogP contribution is -3.13. The number of ether oxygens (including phenoxy) is 1. The van der Waals surface area contributed by atoms with Gasteiger partial charge in [0.1, 0.15) is 17.3 Å². The Morgan fingerprint density at radius 2 is 2.07 bits per heavy atom. The lowest BCUT2D eigenvalue weighted by Gasteiger charge is -2.33. The fourth-order valence-electron chi connectivity index (χ4n) is 3.84. The van der Waals surface area contributed by atoms with E-state index in [1.165, 1.54) is 20.9 Å². The highest BCUT2D eigenvalue weighted by atomic mass is 32.1. The van der Waals surface area contributed by atoms with Crippen LogP contribution in [0.1, 0.15) is 32.8 Å². The van der Waals surface area contributed by atoms with E-state index in [-0.39, 0.29) is 5.91 Å². The van der Waals surface area contributed by atoms with Crippen LogP contribution in [-0.2, 0) is 13.1 Å². The predicted octanol–water partition coefficient (Wildman–Crippen LogP) is 2.66. The number of imidazole rings is 1. The highest BCUT2D eigenvalue weighted by molar-refractivity contribution is 7.16. The molecule has 0 spiro atoms. The van der Waals surface area contributed by atoms with E-state index in [0.29, 0.717) is 12.2 Å². The molecule has 0 fully saturated rings. The average molecular weight is 412 g/mol. The van der Waals surface area contributed by atoms with Crippen LogP contribution in [0.4, 0.5) is 5.00 Å². The van der Waals surface area contributed by atoms with Crippen molar-refractivity contribution in [3.63, 3.8) is 0 Å². The molecule has 6 nitrogen and oxygen atoms in total. The zero-order chi connectivity index (χ0) is 20.4. The summed E-state index contributed by atoms with van der Waals surface area (Å²) in [5, 5.41) is 1.11. The first-order valence-corrected chi connectivity index (χ1v) is 10.7. The molecule has 0 aliphatic carbocycles. The third kappa shape index (κ3) is 4.06. The van der Waals surface area contributed by atoms with Crippen molar-refractivity contribution < 1.29 is 14.4 Å². The number of aromatic nitrogens is 2. The molecule has 1 amide bonds. The van der Waals surface area contributed by atoms with Gasteiger partial charge in [0.25, 0.3) is 5.91 Å². The van der Waals surface area contributed by atoms with Crippen LogP contribution >= 0.6 is 11.3 Å². The summed E-state index contributed by atoms with van der Waals surface area (Å²) < 4.78 is 7.33. The molecule has 3 aromatic rings. The quantitative estimate of drug-likeness (QED) is 0.679. The van der Waals surface area contributed by atoms with Crippen LogP contribution in [0.3, 0.4) is 0 Å². The minimum Gasteiger partial charge on any atom is -0.497 e. The normalized spacial score (nSPS) is 16.0. The third-order valence-electron chi connectivity index (χ3n) is 5.63. The molecular formula is C22H27N4O2S+. The maximum atomic E-state index is 13.4. The topological polar surface area (TPSA) is 51.8 Å². The Hall–Kier alpha value is -2.64. The molecule has 0 saturated carbocycles. The third-order valence-corrected chi connectivity index (χ3v) is 6.90. The van der Waals surface area contributed by atoms with E-state index in [9.17, 15) is 4.79 Å². The van der Waals surface area contributed by atoms with Gasteiger partial charge >= 0.3 is 0 Å². The summed E-state index contributed by atoms with van der Waals surface area (Å²) in [6.45, 7) is 7.95. The van der Waals surface area contributed by atoms with Crippen molar-refractivity contribution in [3.05, 3.63) is 64.6 Å². The second kappa shape index (κ2) is 8.39. The number of nitrogens with zero attached hydrogens (tertiary/aromatic N) is 3. The Labute approximate surface area is 175 Å². The number of fused-ring (bicyclic) bond motifs is 1. The monoisotopic (exact) mass is 411 g/mol. The summed E-state index contributed by atoms with van der Waals surface area (Å²) in [5.41, 5.74) is 3.34. The molecule has 3 heterocycles. The second-order valence-electron chi connectivity index (χ2n) is 7.52. The number of benzene rings is 1. The largest absolute Gasteiger partial charge is 0.497 e. The standard InChI is InChI=1S/C22H26N4O2S/c1-16-17(2)29-22-20(16)13-25(11-4-10-24-12-9-23-14-24)15-26(22)21(27)18-5-7-19(28-3)8-6-18/h5-9,12,14H,4,10-11,13,15H2,1-3H3/p+1. The van der Waals surface area contributed by atoms with Crippen molar-refractivity contribution in [2.24, 2.45) is 0 Å². The highest BCUT2D eigenvalue weighted by Gasteiger charge is 2.33. The molecule has 1 aromatic carbocycles. The first-order chi connectivity index (χ1) is 14.1. The van der Waals surface area contributed by atoms with E-state index in [2.05, 4.69) is 23.4 Å². The Bertz CT molecular complexity index is 979. The first-order valence-electron chi connectivity index (χ1n) is 9.91. The van der Waals surface area contributed by atoms with Crippen LogP contribution in [0.15, 0.2) is 43.0 Å². The summed E-state index contributed by atoms with van der Waals surface area (Å²) in [7, 11) is 1.63. The van der Waals surface area contributed by atoms with Gasteiger partial charge in [0.15, 0.2) is 6.67 Å². The van der Waals surface area contributed by atoms with Crippen molar-refractivity contribution in [3.8, 4) is 5.75 Å². The lowest BCUT2D eigenvalue weighted by molar-refractivity contribution is -0.914. The molecule has 0 saturated heterocycles. The van der Waals surface area contributed by atoms with Crippen molar-refractivity contribution in [1.82, 2.24) is 9.55 Å². The van der Waals surface area contributed by atoms with Crippen LogP contribution in [0.5, 0.6) is 5.75 Å². The number of nitrogens with one attached hydrogen (secondary N) is 1. The van der Waals surface area contributed by atoms with Crippen LogP contribution < -0.4 is 14.5 Å². The smallest absolute Gasteiger partial charge is 0.263 e. The first kappa shape index (κ1) is 19.7. The number of anilines is 1. The molecule has 29 heavy (non-hydrogen) atoms. The van der Waals surface area contributed by atoms with Crippen LogP contribution in [0.25, 0.3) is 0 Å². The number of thiophene rings is 1. The van der Waals surface area contributed by atoms with Gasteiger partial charge in [0.05, 0.1) is 20.0 Å². The number of aryl methyl sites for hydroxylation is 2. The summed E-state index contributed by atoms with van der Waals surface area (Å²) in [6, 6.07) is 7.39. The summed E-state index contributed by atoms with van der Waals surface area (Å²) in [5.74, 6) is 0.817. The summed E-state index contributed by atoms with van der Waals surface area (Å²) >= 11 is 1.73. The molecule has 4 rings (SSSR count). The van der Waals surface area contributed by atoms with E-state index < -0.39 is 0 Å². The number of amides is 1. The molecule has 1 aliphatic heterocycles. The fraction of sp³-hybridized carbons (Fsp3) is 0.364.